The van der Waals surface area contributed by atoms with Gasteiger partial charge in [-0.1, -0.05) is 19.4 Å². The van der Waals surface area contributed by atoms with Gasteiger partial charge in [0.2, 0.25) is 0 Å². The molecular weight excluding hydrogens is 328 g/mol. The van der Waals surface area contributed by atoms with Crippen molar-refractivity contribution in [2.75, 3.05) is 13.2 Å². The lowest BCUT2D eigenvalue weighted by molar-refractivity contribution is 0.104. The van der Waals surface area contributed by atoms with Gasteiger partial charge in [-0.05, 0) is 62.2 Å². The SMILES string of the molecule is CCCc1c(C=CC(=O)c2ccc(O)cc2)cc(OCC)cc1OCC. The molecule has 0 unspecified atom stereocenters. The summed E-state index contributed by atoms with van der Waals surface area (Å²) in [4.78, 5) is 12.4. The fourth-order valence-corrected chi connectivity index (χ4v) is 2.73. The number of hydrogen-bond donors (Lipinski definition) is 1. The highest BCUT2D eigenvalue weighted by Gasteiger charge is 2.11. The molecule has 2 aromatic rings. The molecule has 0 saturated carbocycles. The zero-order chi connectivity index (χ0) is 18.9. The molecule has 0 fully saturated rings. The van der Waals surface area contributed by atoms with Crippen LogP contribution in [-0.4, -0.2) is 24.1 Å². The molecule has 26 heavy (non-hydrogen) atoms. The molecule has 0 bridgehead atoms. The Morgan fingerprint density at radius 3 is 2.35 bits per heavy atom. The Balaban J connectivity index is 2.38. The van der Waals surface area contributed by atoms with Gasteiger partial charge in [0.25, 0.3) is 0 Å². The van der Waals surface area contributed by atoms with Crippen LogP contribution in [0.1, 0.15) is 48.7 Å². The van der Waals surface area contributed by atoms with Crippen molar-refractivity contribution < 1.29 is 19.4 Å². The first-order valence-corrected chi connectivity index (χ1v) is 9.02. The Morgan fingerprint density at radius 1 is 1.04 bits per heavy atom. The van der Waals surface area contributed by atoms with Gasteiger partial charge in [-0.25, -0.2) is 0 Å². The Labute approximate surface area is 155 Å². The zero-order valence-electron chi connectivity index (χ0n) is 15.6. The van der Waals surface area contributed by atoms with Gasteiger partial charge in [0.1, 0.15) is 17.2 Å². The predicted octanol–water partition coefficient (Wildman–Crippen LogP) is 5.04. The molecule has 0 spiro atoms. The summed E-state index contributed by atoms with van der Waals surface area (Å²) in [5.41, 5.74) is 2.53. The first kappa shape index (κ1) is 19.6. The van der Waals surface area contributed by atoms with Crippen molar-refractivity contribution in [1.82, 2.24) is 0 Å². The Morgan fingerprint density at radius 2 is 1.73 bits per heavy atom. The standard InChI is InChI=1S/C22H26O4/c1-4-7-20-17(14-19(25-5-2)15-22(20)26-6-3)10-13-21(24)16-8-11-18(23)12-9-16/h8-15,23H,4-7H2,1-3H3. The maximum atomic E-state index is 12.4. The van der Waals surface area contributed by atoms with Crippen molar-refractivity contribution in [3.8, 4) is 17.2 Å². The number of carbonyl (C=O) groups is 1. The molecule has 2 aromatic carbocycles. The van der Waals surface area contributed by atoms with E-state index in [1.165, 1.54) is 12.1 Å². The van der Waals surface area contributed by atoms with E-state index in [-0.39, 0.29) is 11.5 Å². The molecule has 0 radical (unpaired) electrons. The summed E-state index contributed by atoms with van der Waals surface area (Å²) in [6.07, 6.45) is 5.19. The van der Waals surface area contributed by atoms with Crippen LogP contribution in [0.5, 0.6) is 17.2 Å². The van der Waals surface area contributed by atoms with Gasteiger partial charge >= 0.3 is 0 Å². The van der Waals surface area contributed by atoms with Crippen LogP contribution < -0.4 is 9.47 Å². The second kappa shape index (κ2) is 9.66. The zero-order valence-corrected chi connectivity index (χ0v) is 15.6. The van der Waals surface area contributed by atoms with Gasteiger partial charge < -0.3 is 14.6 Å². The van der Waals surface area contributed by atoms with Crippen molar-refractivity contribution in [2.45, 2.75) is 33.6 Å². The second-order valence-corrected chi connectivity index (χ2v) is 5.85. The largest absolute Gasteiger partial charge is 0.508 e. The summed E-state index contributed by atoms with van der Waals surface area (Å²) in [5, 5.41) is 9.35. The highest BCUT2D eigenvalue weighted by atomic mass is 16.5. The van der Waals surface area contributed by atoms with E-state index in [0.29, 0.717) is 18.8 Å². The molecule has 0 aliphatic carbocycles. The lowest BCUT2D eigenvalue weighted by Gasteiger charge is -2.15. The third kappa shape index (κ3) is 5.12. The molecule has 0 aromatic heterocycles. The lowest BCUT2D eigenvalue weighted by atomic mass is 10.00. The number of ether oxygens (including phenoxy) is 2. The minimum atomic E-state index is -0.118. The Kier molecular flexibility index (Phi) is 7.27. The lowest BCUT2D eigenvalue weighted by Crippen LogP contribution is -2.02. The van der Waals surface area contributed by atoms with Crippen LogP contribution in [0.15, 0.2) is 42.5 Å². The molecule has 0 amide bonds. The molecular formula is C22H26O4. The number of rotatable bonds is 9. The van der Waals surface area contributed by atoms with E-state index >= 15 is 0 Å². The number of phenolic OH excluding ortho intramolecular Hbond substituents is 1. The predicted molar refractivity (Wildman–Crippen MR) is 104 cm³/mol. The van der Waals surface area contributed by atoms with E-state index in [4.69, 9.17) is 9.47 Å². The number of aromatic hydroxyl groups is 1. The van der Waals surface area contributed by atoms with Crippen LogP contribution in [0.4, 0.5) is 0 Å². The Hall–Kier alpha value is -2.75. The van der Waals surface area contributed by atoms with Crippen LogP contribution >= 0.6 is 0 Å². The van der Waals surface area contributed by atoms with Gasteiger partial charge in [-0.2, -0.15) is 0 Å². The summed E-state index contributed by atoms with van der Waals surface area (Å²) >= 11 is 0. The van der Waals surface area contributed by atoms with E-state index in [1.807, 2.05) is 32.1 Å². The maximum Gasteiger partial charge on any atom is 0.185 e. The minimum Gasteiger partial charge on any atom is -0.508 e. The third-order valence-electron chi connectivity index (χ3n) is 3.89. The Bertz CT molecular complexity index is 760. The van der Waals surface area contributed by atoms with E-state index in [2.05, 4.69) is 6.92 Å². The molecule has 4 nitrogen and oxygen atoms in total. The van der Waals surface area contributed by atoms with Crippen LogP contribution in [0.25, 0.3) is 6.08 Å². The minimum absolute atomic E-state index is 0.118. The molecule has 4 heteroatoms. The van der Waals surface area contributed by atoms with E-state index in [9.17, 15) is 9.90 Å². The van der Waals surface area contributed by atoms with Crippen LogP contribution in [0.2, 0.25) is 0 Å². The molecule has 0 aliphatic heterocycles. The van der Waals surface area contributed by atoms with E-state index < -0.39 is 0 Å². The average Bonchev–Trinajstić information content (AvgIpc) is 2.63. The number of carbonyl (C=O) groups excluding carboxylic acids is 1. The molecule has 0 heterocycles. The number of phenols is 1. The third-order valence-corrected chi connectivity index (χ3v) is 3.89. The maximum absolute atomic E-state index is 12.4. The summed E-state index contributed by atoms with van der Waals surface area (Å²) < 4.78 is 11.4. The van der Waals surface area contributed by atoms with E-state index in [1.54, 1.807) is 18.2 Å². The highest BCUT2D eigenvalue weighted by molar-refractivity contribution is 6.07. The molecule has 0 aliphatic rings. The van der Waals surface area contributed by atoms with Gasteiger partial charge in [0.15, 0.2) is 5.78 Å². The first-order chi connectivity index (χ1) is 12.6. The molecule has 2 rings (SSSR count). The topological polar surface area (TPSA) is 55.8 Å². The summed E-state index contributed by atoms with van der Waals surface area (Å²) in [6, 6.07) is 10.1. The summed E-state index contributed by atoms with van der Waals surface area (Å²) in [5.74, 6) is 1.55. The number of ketones is 1. The normalized spacial score (nSPS) is 10.9. The van der Waals surface area contributed by atoms with Crippen molar-refractivity contribution in [2.24, 2.45) is 0 Å². The van der Waals surface area contributed by atoms with Gasteiger partial charge in [-0.15, -0.1) is 0 Å². The number of hydrogen-bond acceptors (Lipinski definition) is 4. The number of allylic oxidation sites excluding steroid dienone is 1. The molecule has 1 N–H and O–H groups in total. The fourth-order valence-electron chi connectivity index (χ4n) is 2.73. The quantitative estimate of drug-likeness (QED) is 0.506. The first-order valence-electron chi connectivity index (χ1n) is 9.02. The highest BCUT2D eigenvalue weighted by Crippen LogP contribution is 2.31. The molecule has 0 atom stereocenters. The van der Waals surface area contributed by atoms with Crippen molar-refractivity contribution in [3.05, 3.63) is 59.2 Å². The van der Waals surface area contributed by atoms with E-state index in [0.717, 1.165) is 35.5 Å². The molecule has 0 saturated heterocycles. The van der Waals surface area contributed by atoms with Crippen LogP contribution in [0, 0.1) is 0 Å². The fraction of sp³-hybridized carbons (Fsp3) is 0.318. The monoisotopic (exact) mass is 354 g/mol. The van der Waals surface area contributed by atoms with Gasteiger partial charge in [0.05, 0.1) is 13.2 Å². The van der Waals surface area contributed by atoms with Crippen molar-refractivity contribution >= 4 is 11.9 Å². The smallest absolute Gasteiger partial charge is 0.185 e. The van der Waals surface area contributed by atoms with Crippen molar-refractivity contribution in [3.63, 3.8) is 0 Å². The molecule has 138 valence electrons. The van der Waals surface area contributed by atoms with Gasteiger partial charge in [0, 0.05) is 17.2 Å². The van der Waals surface area contributed by atoms with Crippen LogP contribution in [0.3, 0.4) is 0 Å². The second-order valence-electron chi connectivity index (χ2n) is 5.85. The summed E-state index contributed by atoms with van der Waals surface area (Å²) in [7, 11) is 0. The average molecular weight is 354 g/mol. The van der Waals surface area contributed by atoms with Crippen molar-refractivity contribution in [1.29, 1.82) is 0 Å². The van der Waals surface area contributed by atoms with Gasteiger partial charge in [-0.3, -0.25) is 4.79 Å². The number of benzene rings is 2. The van der Waals surface area contributed by atoms with Crippen LogP contribution in [-0.2, 0) is 6.42 Å². The summed E-state index contributed by atoms with van der Waals surface area (Å²) in [6.45, 7) is 7.13.